The molecule has 2 rings (SSSR count). The first-order chi connectivity index (χ1) is 8.19. The Morgan fingerprint density at radius 3 is 2.65 bits per heavy atom. The van der Waals surface area contributed by atoms with Gasteiger partial charge in [-0.3, -0.25) is 4.79 Å². The second kappa shape index (κ2) is 5.98. The molecule has 5 heteroatoms. The van der Waals surface area contributed by atoms with E-state index in [-0.39, 0.29) is 18.4 Å². The van der Waals surface area contributed by atoms with Crippen LogP contribution in [-0.4, -0.2) is 17.6 Å². The lowest BCUT2D eigenvalue weighted by Gasteiger charge is -2.26. The highest BCUT2D eigenvalue weighted by Gasteiger charge is 2.26. The number of aliphatic hydroxyl groups excluding tert-OH is 1. The minimum absolute atomic E-state index is 0.110. The molecule has 1 fully saturated rings. The number of amides is 1. The first-order valence-corrected chi connectivity index (χ1v) is 7.47. The molecular formula is C12H16BrNO2S. The highest BCUT2D eigenvalue weighted by Crippen LogP contribution is 2.31. The number of thiophene rings is 1. The monoisotopic (exact) mass is 317 g/mol. The van der Waals surface area contributed by atoms with Gasteiger partial charge in [-0.2, -0.15) is 0 Å². The molecule has 0 atom stereocenters. The average Bonchev–Trinajstić information content (AvgIpc) is 2.75. The van der Waals surface area contributed by atoms with E-state index in [2.05, 4.69) is 21.2 Å². The molecule has 1 aromatic heterocycles. The number of rotatable bonds is 3. The lowest BCUT2D eigenvalue weighted by atomic mass is 9.82. The first-order valence-electron chi connectivity index (χ1n) is 5.86. The smallest absolute Gasteiger partial charge is 0.228 e. The lowest BCUT2D eigenvalue weighted by Crippen LogP contribution is -2.27. The molecule has 1 aliphatic carbocycles. The molecule has 94 valence electrons. The second-order valence-electron chi connectivity index (χ2n) is 4.49. The summed E-state index contributed by atoms with van der Waals surface area (Å²) < 4.78 is 1.02. The Hall–Kier alpha value is -0.390. The Morgan fingerprint density at radius 1 is 1.41 bits per heavy atom. The Bertz CT molecular complexity index is 386. The van der Waals surface area contributed by atoms with Crippen LogP contribution in [0.1, 0.15) is 25.7 Å². The molecule has 1 aliphatic rings. The molecule has 0 saturated heterocycles. The Morgan fingerprint density at radius 2 is 2.12 bits per heavy atom. The van der Waals surface area contributed by atoms with Gasteiger partial charge in [-0.05, 0) is 59.7 Å². The molecule has 0 bridgehead atoms. The maximum Gasteiger partial charge on any atom is 0.228 e. The van der Waals surface area contributed by atoms with Gasteiger partial charge in [0.1, 0.15) is 0 Å². The van der Waals surface area contributed by atoms with Crippen molar-refractivity contribution in [1.29, 1.82) is 0 Å². The normalized spacial score (nSPS) is 24.6. The van der Waals surface area contributed by atoms with Crippen molar-refractivity contribution in [2.75, 3.05) is 11.9 Å². The van der Waals surface area contributed by atoms with Crippen LogP contribution in [0, 0.1) is 11.8 Å². The Labute approximate surface area is 113 Å². The van der Waals surface area contributed by atoms with Gasteiger partial charge in [0.05, 0.1) is 8.79 Å². The van der Waals surface area contributed by atoms with Crippen LogP contribution in [0.25, 0.3) is 0 Å². The number of carbonyl (C=O) groups excluding carboxylic acids is 1. The molecule has 1 amide bonds. The number of hydrogen-bond donors (Lipinski definition) is 2. The van der Waals surface area contributed by atoms with Crippen LogP contribution in [0.5, 0.6) is 0 Å². The number of halogens is 1. The summed E-state index contributed by atoms with van der Waals surface area (Å²) >= 11 is 4.90. The zero-order chi connectivity index (χ0) is 12.3. The Kier molecular flexibility index (Phi) is 4.59. The summed E-state index contributed by atoms with van der Waals surface area (Å²) in [6.45, 7) is 0.256. The van der Waals surface area contributed by atoms with Crippen molar-refractivity contribution < 1.29 is 9.90 Å². The van der Waals surface area contributed by atoms with Gasteiger partial charge in [0.15, 0.2) is 0 Å². The lowest BCUT2D eigenvalue weighted by molar-refractivity contribution is -0.121. The third-order valence-corrected chi connectivity index (χ3v) is 4.83. The van der Waals surface area contributed by atoms with Gasteiger partial charge in [0, 0.05) is 12.5 Å². The minimum atomic E-state index is 0.110. The molecule has 1 saturated carbocycles. The summed E-state index contributed by atoms with van der Waals surface area (Å²) in [4.78, 5) is 12.0. The van der Waals surface area contributed by atoms with E-state index in [1.165, 1.54) is 11.3 Å². The SMILES string of the molecule is O=C(Nc1ccc(Br)s1)C1CCC(CO)CC1. The van der Waals surface area contributed by atoms with Crippen molar-refractivity contribution >= 4 is 38.2 Å². The maximum atomic E-state index is 12.0. The van der Waals surface area contributed by atoms with Crippen LogP contribution in [0.2, 0.25) is 0 Å². The molecule has 17 heavy (non-hydrogen) atoms. The summed E-state index contributed by atoms with van der Waals surface area (Å²) in [5, 5.41) is 12.9. The third-order valence-electron chi connectivity index (χ3n) is 3.30. The molecule has 1 heterocycles. The van der Waals surface area contributed by atoms with E-state index in [9.17, 15) is 4.79 Å². The molecule has 0 aliphatic heterocycles. The number of anilines is 1. The van der Waals surface area contributed by atoms with Crippen molar-refractivity contribution in [3.63, 3.8) is 0 Å². The summed E-state index contributed by atoms with van der Waals surface area (Å²) in [5.74, 6) is 0.629. The van der Waals surface area contributed by atoms with Gasteiger partial charge in [-0.25, -0.2) is 0 Å². The standard InChI is InChI=1S/C12H16BrNO2S/c13-10-5-6-11(17-10)14-12(16)9-3-1-8(7-15)2-4-9/h5-6,8-9,15H,1-4,7H2,(H,14,16). The van der Waals surface area contributed by atoms with E-state index >= 15 is 0 Å². The maximum absolute atomic E-state index is 12.0. The molecule has 0 radical (unpaired) electrons. The van der Waals surface area contributed by atoms with Crippen LogP contribution in [-0.2, 0) is 4.79 Å². The van der Waals surface area contributed by atoms with E-state index < -0.39 is 0 Å². The van der Waals surface area contributed by atoms with E-state index in [1.807, 2.05) is 12.1 Å². The number of aliphatic hydroxyl groups is 1. The average molecular weight is 318 g/mol. The van der Waals surface area contributed by atoms with Crippen LogP contribution in [0.4, 0.5) is 5.00 Å². The molecule has 2 N–H and O–H groups in total. The summed E-state index contributed by atoms with van der Waals surface area (Å²) in [7, 11) is 0. The van der Waals surface area contributed by atoms with E-state index in [1.54, 1.807) is 0 Å². The second-order valence-corrected chi connectivity index (χ2v) is 6.96. The summed E-state index contributed by atoms with van der Waals surface area (Å²) in [5.41, 5.74) is 0. The fourth-order valence-electron chi connectivity index (χ4n) is 2.21. The van der Waals surface area contributed by atoms with E-state index in [0.717, 1.165) is 34.5 Å². The highest BCUT2D eigenvalue weighted by atomic mass is 79.9. The van der Waals surface area contributed by atoms with Crippen LogP contribution in [0.15, 0.2) is 15.9 Å². The fraction of sp³-hybridized carbons (Fsp3) is 0.583. The van der Waals surface area contributed by atoms with Gasteiger partial charge < -0.3 is 10.4 Å². The predicted octanol–water partition coefficient (Wildman–Crippen LogP) is 3.25. The number of hydrogen-bond acceptors (Lipinski definition) is 3. The summed E-state index contributed by atoms with van der Waals surface area (Å²) in [6, 6.07) is 3.84. The molecule has 0 unspecified atom stereocenters. The molecule has 1 aromatic rings. The van der Waals surface area contributed by atoms with Gasteiger partial charge >= 0.3 is 0 Å². The highest BCUT2D eigenvalue weighted by molar-refractivity contribution is 9.11. The van der Waals surface area contributed by atoms with Crippen molar-refractivity contribution in [1.82, 2.24) is 0 Å². The quantitative estimate of drug-likeness (QED) is 0.899. The van der Waals surface area contributed by atoms with Crippen molar-refractivity contribution in [2.45, 2.75) is 25.7 Å². The van der Waals surface area contributed by atoms with E-state index in [0.29, 0.717) is 5.92 Å². The van der Waals surface area contributed by atoms with Crippen LogP contribution >= 0.6 is 27.3 Å². The van der Waals surface area contributed by atoms with Crippen molar-refractivity contribution in [3.8, 4) is 0 Å². The fourth-order valence-corrected chi connectivity index (χ4v) is 3.50. The molecule has 3 nitrogen and oxygen atoms in total. The Balaban J connectivity index is 1.85. The number of carbonyl (C=O) groups is 1. The largest absolute Gasteiger partial charge is 0.396 e. The molecular weight excluding hydrogens is 302 g/mol. The molecule has 0 aromatic carbocycles. The van der Waals surface area contributed by atoms with Crippen molar-refractivity contribution in [3.05, 3.63) is 15.9 Å². The van der Waals surface area contributed by atoms with Gasteiger partial charge in [0.25, 0.3) is 0 Å². The van der Waals surface area contributed by atoms with E-state index in [4.69, 9.17) is 5.11 Å². The summed E-state index contributed by atoms with van der Waals surface area (Å²) in [6.07, 6.45) is 3.71. The van der Waals surface area contributed by atoms with Crippen LogP contribution in [0.3, 0.4) is 0 Å². The van der Waals surface area contributed by atoms with Gasteiger partial charge in [-0.1, -0.05) is 0 Å². The number of nitrogens with one attached hydrogen (secondary N) is 1. The van der Waals surface area contributed by atoms with Gasteiger partial charge in [-0.15, -0.1) is 11.3 Å². The predicted molar refractivity (Wildman–Crippen MR) is 73.2 cm³/mol. The zero-order valence-corrected chi connectivity index (χ0v) is 11.9. The zero-order valence-electron chi connectivity index (χ0n) is 9.49. The van der Waals surface area contributed by atoms with Crippen LogP contribution < -0.4 is 5.32 Å². The molecule has 0 spiro atoms. The van der Waals surface area contributed by atoms with Gasteiger partial charge in [0.2, 0.25) is 5.91 Å². The van der Waals surface area contributed by atoms with Crippen molar-refractivity contribution in [2.24, 2.45) is 11.8 Å². The minimum Gasteiger partial charge on any atom is -0.396 e. The first kappa shape index (κ1) is 13.1. The topological polar surface area (TPSA) is 49.3 Å². The third kappa shape index (κ3) is 3.53.